The lowest BCUT2D eigenvalue weighted by atomic mass is 10.1. The van der Waals surface area contributed by atoms with Crippen molar-refractivity contribution in [2.24, 2.45) is 0 Å². The molecule has 1 heterocycles. The van der Waals surface area contributed by atoms with E-state index in [4.69, 9.17) is 4.74 Å². The maximum absolute atomic E-state index is 12.6. The Morgan fingerprint density at radius 1 is 1.00 bits per heavy atom. The normalized spacial score (nSPS) is 16.3. The molecule has 1 aliphatic heterocycles. The summed E-state index contributed by atoms with van der Waals surface area (Å²) in [6, 6.07) is 12.6. The van der Waals surface area contributed by atoms with Crippen LogP contribution in [0.4, 0.5) is 0 Å². The number of hydrogen-bond acceptors (Lipinski definition) is 5. The average molecular weight is 404 g/mol. The SMILES string of the molecule is O=C(N[C@H](C(=O)O)c1ccccc1)c1ccc(S(=O)(=O)N2CCOCC2)cc1. The molecule has 1 saturated heterocycles. The molecule has 28 heavy (non-hydrogen) atoms. The molecule has 3 rings (SSSR count). The van der Waals surface area contributed by atoms with Gasteiger partial charge in [0.25, 0.3) is 5.91 Å². The molecule has 8 nitrogen and oxygen atoms in total. The van der Waals surface area contributed by atoms with Gasteiger partial charge in [0.05, 0.1) is 18.1 Å². The third kappa shape index (κ3) is 4.38. The van der Waals surface area contributed by atoms with E-state index in [1.54, 1.807) is 30.3 Å². The molecule has 1 aliphatic rings. The highest BCUT2D eigenvalue weighted by Gasteiger charge is 2.27. The van der Waals surface area contributed by atoms with Gasteiger partial charge in [0.15, 0.2) is 6.04 Å². The van der Waals surface area contributed by atoms with E-state index in [0.29, 0.717) is 18.8 Å². The number of sulfonamides is 1. The number of amides is 1. The largest absolute Gasteiger partial charge is 0.479 e. The van der Waals surface area contributed by atoms with Gasteiger partial charge in [0, 0.05) is 18.7 Å². The van der Waals surface area contributed by atoms with Crippen LogP contribution in [-0.4, -0.2) is 56.0 Å². The first-order valence-electron chi connectivity index (χ1n) is 8.66. The molecule has 2 aromatic carbocycles. The molecule has 2 aromatic rings. The number of nitrogens with one attached hydrogen (secondary N) is 1. The Hall–Kier alpha value is -2.75. The number of benzene rings is 2. The van der Waals surface area contributed by atoms with Crippen LogP contribution in [0.25, 0.3) is 0 Å². The van der Waals surface area contributed by atoms with Crippen molar-refractivity contribution in [2.45, 2.75) is 10.9 Å². The van der Waals surface area contributed by atoms with E-state index in [2.05, 4.69) is 5.32 Å². The molecule has 2 N–H and O–H groups in total. The molecule has 1 fully saturated rings. The molecule has 0 bridgehead atoms. The second-order valence-electron chi connectivity index (χ2n) is 6.20. The zero-order chi connectivity index (χ0) is 20.1. The first-order chi connectivity index (χ1) is 13.4. The zero-order valence-corrected chi connectivity index (χ0v) is 15.8. The highest BCUT2D eigenvalue weighted by atomic mass is 32.2. The van der Waals surface area contributed by atoms with E-state index < -0.39 is 27.9 Å². The summed E-state index contributed by atoms with van der Waals surface area (Å²) in [5.74, 6) is -1.79. The number of carbonyl (C=O) groups is 2. The average Bonchev–Trinajstić information content (AvgIpc) is 2.73. The Kier molecular flexibility index (Phi) is 6.08. The fourth-order valence-corrected chi connectivity index (χ4v) is 4.27. The van der Waals surface area contributed by atoms with Crippen molar-refractivity contribution in [3.05, 3.63) is 65.7 Å². The van der Waals surface area contributed by atoms with Crippen molar-refractivity contribution in [1.82, 2.24) is 9.62 Å². The third-order valence-electron chi connectivity index (χ3n) is 4.38. The van der Waals surface area contributed by atoms with E-state index in [-0.39, 0.29) is 23.5 Å². The minimum atomic E-state index is -3.66. The van der Waals surface area contributed by atoms with E-state index >= 15 is 0 Å². The van der Waals surface area contributed by atoms with Crippen LogP contribution in [0.3, 0.4) is 0 Å². The summed E-state index contributed by atoms with van der Waals surface area (Å²) in [4.78, 5) is 24.0. The summed E-state index contributed by atoms with van der Waals surface area (Å²) in [7, 11) is -3.66. The summed E-state index contributed by atoms with van der Waals surface area (Å²) in [5, 5.41) is 11.9. The lowest BCUT2D eigenvalue weighted by molar-refractivity contribution is -0.139. The van der Waals surface area contributed by atoms with Gasteiger partial charge in [0.1, 0.15) is 0 Å². The number of rotatable bonds is 6. The molecule has 1 amide bonds. The molecule has 148 valence electrons. The number of morpholine rings is 1. The molecule has 0 aliphatic carbocycles. The Morgan fingerprint density at radius 2 is 1.61 bits per heavy atom. The first-order valence-corrected chi connectivity index (χ1v) is 10.1. The molecule has 0 aromatic heterocycles. The van der Waals surface area contributed by atoms with Gasteiger partial charge < -0.3 is 15.2 Å². The van der Waals surface area contributed by atoms with Gasteiger partial charge in [-0.05, 0) is 29.8 Å². The van der Waals surface area contributed by atoms with Crippen molar-refractivity contribution in [2.75, 3.05) is 26.3 Å². The summed E-state index contributed by atoms with van der Waals surface area (Å²) in [6.07, 6.45) is 0. The fraction of sp³-hybridized carbons (Fsp3) is 0.263. The monoisotopic (exact) mass is 404 g/mol. The summed E-state index contributed by atoms with van der Waals surface area (Å²) in [5.41, 5.74) is 0.609. The maximum Gasteiger partial charge on any atom is 0.330 e. The van der Waals surface area contributed by atoms with Crippen molar-refractivity contribution >= 4 is 21.9 Å². The lowest BCUT2D eigenvalue weighted by Gasteiger charge is -2.26. The number of nitrogens with zero attached hydrogens (tertiary/aromatic N) is 1. The number of aliphatic carboxylic acids is 1. The van der Waals surface area contributed by atoms with Gasteiger partial charge in [-0.1, -0.05) is 30.3 Å². The minimum absolute atomic E-state index is 0.0730. The van der Waals surface area contributed by atoms with E-state index in [0.717, 1.165) is 0 Å². The van der Waals surface area contributed by atoms with E-state index in [9.17, 15) is 23.1 Å². The van der Waals surface area contributed by atoms with Crippen LogP contribution in [0.1, 0.15) is 22.0 Å². The van der Waals surface area contributed by atoms with Gasteiger partial charge in [-0.15, -0.1) is 0 Å². The topological polar surface area (TPSA) is 113 Å². The van der Waals surface area contributed by atoms with Gasteiger partial charge in [-0.25, -0.2) is 13.2 Å². The zero-order valence-electron chi connectivity index (χ0n) is 14.9. The van der Waals surface area contributed by atoms with Crippen LogP contribution in [0.15, 0.2) is 59.5 Å². The Labute approximate surface area is 162 Å². The Bertz CT molecular complexity index is 938. The molecule has 9 heteroatoms. The second-order valence-corrected chi connectivity index (χ2v) is 8.13. The van der Waals surface area contributed by atoms with Gasteiger partial charge in [-0.3, -0.25) is 4.79 Å². The van der Waals surface area contributed by atoms with Crippen LogP contribution in [0, 0.1) is 0 Å². The van der Waals surface area contributed by atoms with E-state index in [1.807, 2.05) is 0 Å². The first kappa shape index (κ1) is 20.0. The lowest BCUT2D eigenvalue weighted by Crippen LogP contribution is -2.40. The number of hydrogen-bond donors (Lipinski definition) is 2. The third-order valence-corrected chi connectivity index (χ3v) is 6.29. The molecular weight excluding hydrogens is 384 g/mol. The maximum atomic E-state index is 12.6. The van der Waals surface area contributed by atoms with Crippen molar-refractivity contribution in [3.63, 3.8) is 0 Å². The van der Waals surface area contributed by atoms with Crippen LogP contribution in [0.2, 0.25) is 0 Å². The molecule has 0 saturated carbocycles. The van der Waals surface area contributed by atoms with Crippen LogP contribution in [0.5, 0.6) is 0 Å². The second kappa shape index (κ2) is 8.51. The smallest absolute Gasteiger partial charge is 0.330 e. The van der Waals surface area contributed by atoms with Crippen LogP contribution >= 0.6 is 0 Å². The highest BCUT2D eigenvalue weighted by molar-refractivity contribution is 7.89. The highest BCUT2D eigenvalue weighted by Crippen LogP contribution is 2.19. The quantitative estimate of drug-likeness (QED) is 0.750. The predicted molar refractivity (Wildman–Crippen MR) is 100 cm³/mol. The molecule has 1 atom stereocenters. The van der Waals surface area contributed by atoms with Gasteiger partial charge >= 0.3 is 5.97 Å². The number of ether oxygens (including phenoxy) is 1. The minimum Gasteiger partial charge on any atom is -0.479 e. The van der Waals surface area contributed by atoms with E-state index in [1.165, 1.54) is 28.6 Å². The van der Waals surface area contributed by atoms with Crippen molar-refractivity contribution < 1.29 is 27.9 Å². The molecule has 0 unspecified atom stereocenters. The summed E-state index contributed by atoms with van der Waals surface area (Å²) < 4.78 is 31.7. The predicted octanol–water partition coefficient (Wildman–Crippen LogP) is 1.26. The summed E-state index contributed by atoms with van der Waals surface area (Å²) in [6.45, 7) is 1.25. The number of carboxylic acid groups (broad SMARTS) is 1. The summed E-state index contributed by atoms with van der Waals surface area (Å²) >= 11 is 0. The Balaban J connectivity index is 1.75. The molecule has 0 radical (unpaired) electrons. The van der Waals surface area contributed by atoms with Gasteiger partial charge in [0.2, 0.25) is 10.0 Å². The molecule has 0 spiro atoms. The van der Waals surface area contributed by atoms with Crippen LogP contribution < -0.4 is 5.32 Å². The fourth-order valence-electron chi connectivity index (χ4n) is 2.86. The molecular formula is C19H20N2O6S. The number of carboxylic acids is 1. The number of carbonyl (C=O) groups excluding carboxylic acids is 1. The van der Waals surface area contributed by atoms with Crippen LogP contribution in [-0.2, 0) is 19.6 Å². The standard InChI is InChI=1S/C19H20N2O6S/c22-18(20-17(19(23)24)14-4-2-1-3-5-14)15-6-8-16(9-7-15)28(25,26)21-10-12-27-13-11-21/h1-9,17H,10-13H2,(H,20,22)(H,23,24)/t17-/m0/s1. The van der Waals surface area contributed by atoms with Crippen molar-refractivity contribution in [3.8, 4) is 0 Å². The van der Waals surface area contributed by atoms with Crippen molar-refractivity contribution in [1.29, 1.82) is 0 Å². The van der Waals surface area contributed by atoms with Gasteiger partial charge in [-0.2, -0.15) is 4.31 Å². The Morgan fingerprint density at radius 3 is 2.18 bits per heavy atom.